The Bertz CT molecular complexity index is 1730. The van der Waals surface area contributed by atoms with Crippen molar-refractivity contribution >= 4 is 39.5 Å². The van der Waals surface area contributed by atoms with E-state index in [1.165, 1.54) is 6.07 Å². The fourth-order valence-electron chi connectivity index (χ4n) is 4.16. The normalized spacial score (nSPS) is 13.8. The highest BCUT2D eigenvalue weighted by molar-refractivity contribution is 14.1. The summed E-state index contributed by atoms with van der Waals surface area (Å²) in [5, 5.41) is 9.53. The van der Waals surface area contributed by atoms with E-state index in [1.807, 2.05) is 0 Å². The van der Waals surface area contributed by atoms with Crippen molar-refractivity contribution in [2.45, 2.75) is 39.4 Å². The van der Waals surface area contributed by atoms with Crippen molar-refractivity contribution in [2.24, 2.45) is 0 Å². The molecule has 0 aliphatic carbocycles. The van der Waals surface area contributed by atoms with Gasteiger partial charge in [-0.1, -0.05) is 0 Å². The summed E-state index contributed by atoms with van der Waals surface area (Å²) in [4.78, 5) is 10.4. The van der Waals surface area contributed by atoms with E-state index in [9.17, 15) is 62.6 Å². The minimum absolute atomic E-state index is 0.171. The van der Waals surface area contributed by atoms with Crippen molar-refractivity contribution in [1.82, 2.24) is 0 Å². The predicted molar refractivity (Wildman–Crippen MR) is 149 cm³/mol. The van der Waals surface area contributed by atoms with E-state index in [-0.39, 0.29) is 15.9 Å². The molecule has 4 rings (SSSR count). The van der Waals surface area contributed by atoms with Crippen molar-refractivity contribution in [3.8, 4) is 11.5 Å². The van der Waals surface area contributed by atoms with Gasteiger partial charge >= 0.3 is 30.7 Å². The molecular weight excluding hydrogens is 783 g/mol. The first kappa shape index (κ1) is 35.2. The maximum Gasteiger partial charge on any atom is 0.419 e. The van der Waals surface area contributed by atoms with Crippen LogP contribution in [0.1, 0.15) is 32.6 Å². The van der Waals surface area contributed by atoms with Gasteiger partial charge in [0.2, 0.25) is 0 Å². The summed E-state index contributed by atoms with van der Waals surface area (Å²) in [7, 11) is -2.72. The maximum atomic E-state index is 14.0. The first-order chi connectivity index (χ1) is 21.1. The standard InChI is InChI=1S/C29H15F12IO3S/c30-26(31,32)14-1-4-18(5-2-14)46(20-10-15(27(33,34)35)9-16(11-20)28(36,37)38)19-6-7-22(29(39,40)41)24(13-19)45-23-8-3-17(42)12-21(23)25(43)44/h1-13,46H,(H,43,44). The lowest BCUT2D eigenvalue weighted by molar-refractivity contribution is -0.143. The molecule has 0 bridgehead atoms. The summed E-state index contributed by atoms with van der Waals surface area (Å²) in [6, 6.07) is 8.37. The lowest BCUT2D eigenvalue weighted by atomic mass is 10.1. The molecule has 17 heteroatoms. The summed E-state index contributed by atoms with van der Waals surface area (Å²) >= 11 is 1.73. The van der Waals surface area contributed by atoms with Crippen LogP contribution in [0.2, 0.25) is 0 Å². The summed E-state index contributed by atoms with van der Waals surface area (Å²) in [6.45, 7) is 0. The molecule has 0 aromatic heterocycles. The highest BCUT2D eigenvalue weighted by atomic mass is 127. The minimum atomic E-state index is -5.32. The van der Waals surface area contributed by atoms with Gasteiger partial charge in [-0.3, -0.25) is 0 Å². The van der Waals surface area contributed by atoms with Crippen molar-refractivity contribution in [2.75, 3.05) is 0 Å². The van der Waals surface area contributed by atoms with Gasteiger partial charge in [0.25, 0.3) is 0 Å². The Morgan fingerprint density at radius 1 is 0.565 bits per heavy atom. The van der Waals surface area contributed by atoms with Crippen LogP contribution in [0.3, 0.4) is 0 Å². The van der Waals surface area contributed by atoms with Gasteiger partial charge < -0.3 is 9.84 Å². The molecule has 4 aromatic carbocycles. The van der Waals surface area contributed by atoms with Crippen molar-refractivity contribution in [3.63, 3.8) is 0 Å². The number of rotatable bonds is 6. The molecule has 4 aromatic rings. The molecule has 246 valence electrons. The fourth-order valence-corrected chi connectivity index (χ4v) is 7.00. The number of halogens is 13. The van der Waals surface area contributed by atoms with Gasteiger partial charge in [-0.15, -0.1) is 0 Å². The SMILES string of the molecule is O=C(O)c1cc(I)ccc1Oc1cc([SH](c2ccc(C(F)(F)F)cc2)c2cc(C(F)(F)F)cc(C(F)(F)F)c2)ccc1C(F)(F)F. The van der Waals surface area contributed by atoms with Crippen LogP contribution in [0.5, 0.6) is 11.5 Å². The van der Waals surface area contributed by atoms with Crippen LogP contribution in [0, 0.1) is 3.57 Å². The van der Waals surface area contributed by atoms with E-state index in [0.29, 0.717) is 40.0 Å². The Morgan fingerprint density at radius 2 is 1.09 bits per heavy atom. The average Bonchev–Trinajstić information content (AvgIpc) is 2.92. The molecule has 1 atom stereocenters. The molecule has 46 heavy (non-hydrogen) atoms. The van der Waals surface area contributed by atoms with E-state index in [2.05, 4.69) is 0 Å². The second-order valence-corrected chi connectivity index (χ2v) is 12.8. The molecule has 0 fully saturated rings. The third-order valence-corrected chi connectivity index (χ3v) is 9.26. The Hall–Kier alpha value is -3.61. The smallest absolute Gasteiger partial charge is 0.419 e. The highest BCUT2D eigenvalue weighted by Crippen LogP contribution is 2.55. The maximum absolute atomic E-state index is 14.0. The number of thiol groups is 1. The Morgan fingerprint density at radius 3 is 1.57 bits per heavy atom. The van der Waals surface area contributed by atoms with Gasteiger partial charge in [-0.05, 0) is 116 Å². The zero-order valence-corrected chi connectivity index (χ0v) is 25.2. The predicted octanol–water partition coefficient (Wildman–Crippen LogP) is 11.3. The zero-order valence-electron chi connectivity index (χ0n) is 22.1. The zero-order chi connectivity index (χ0) is 34.4. The first-order valence-corrected chi connectivity index (χ1v) is 14.7. The van der Waals surface area contributed by atoms with Crippen LogP contribution in [0.4, 0.5) is 52.7 Å². The molecule has 0 radical (unpaired) electrons. The lowest BCUT2D eigenvalue weighted by Gasteiger charge is -2.27. The molecule has 0 saturated carbocycles. The summed E-state index contributed by atoms with van der Waals surface area (Å²) in [5.41, 5.74) is -6.77. The van der Waals surface area contributed by atoms with Crippen LogP contribution in [-0.2, 0) is 24.7 Å². The van der Waals surface area contributed by atoms with E-state index < -0.39 is 85.8 Å². The van der Waals surface area contributed by atoms with E-state index in [1.54, 1.807) is 22.6 Å². The summed E-state index contributed by atoms with van der Waals surface area (Å²) in [5.74, 6) is -3.22. The van der Waals surface area contributed by atoms with E-state index >= 15 is 0 Å². The molecule has 0 amide bonds. The summed E-state index contributed by atoms with van der Waals surface area (Å²) in [6.07, 6.45) is -20.6. The molecule has 1 N–H and O–H groups in total. The molecular formula is C29H15F12IO3S. The van der Waals surface area contributed by atoms with Gasteiger partial charge in [0.1, 0.15) is 17.1 Å². The van der Waals surface area contributed by atoms with Gasteiger partial charge in [-0.2, -0.15) is 63.6 Å². The fraction of sp³-hybridized carbons (Fsp3) is 0.138. The number of hydrogen-bond donors (Lipinski definition) is 2. The van der Waals surface area contributed by atoms with Crippen LogP contribution >= 0.6 is 33.5 Å². The molecule has 3 nitrogen and oxygen atoms in total. The van der Waals surface area contributed by atoms with Crippen LogP contribution in [-0.4, -0.2) is 11.1 Å². The minimum Gasteiger partial charge on any atom is -0.478 e. The number of hydrogen-bond acceptors (Lipinski definition) is 2. The molecule has 1 unspecified atom stereocenters. The van der Waals surface area contributed by atoms with Gasteiger partial charge in [0.15, 0.2) is 0 Å². The van der Waals surface area contributed by atoms with Crippen LogP contribution in [0.25, 0.3) is 0 Å². The monoisotopic (exact) mass is 798 g/mol. The third-order valence-electron chi connectivity index (χ3n) is 6.20. The van der Waals surface area contributed by atoms with Crippen molar-refractivity contribution in [1.29, 1.82) is 0 Å². The van der Waals surface area contributed by atoms with E-state index in [4.69, 9.17) is 4.74 Å². The Labute approximate surface area is 267 Å². The number of alkyl halides is 12. The Balaban J connectivity index is 2.02. The molecule has 0 aliphatic heterocycles. The molecule has 0 heterocycles. The largest absolute Gasteiger partial charge is 0.478 e. The topological polar surface area (TPSA) is 46.5 Å². The number of carbonyl (C=O) groups is 1. The second kappa shape index (κ2) is 12.5. The average molecular weight is 798 g/mol. The summed E-state index contributed by atoms with van der Waals surface area (Å²) < 4.78 is 170. The van der Waals surface area contributed by atoms with Crippen LogP contribution < -0.4 is 4.74 Å². The quantitative estimate of drug-likeness (QED) is 0.116. The third kappa shape index (κ3) is 8.02. The highest BCUT2D eigenvalue weighted by Gasteiger charge is 2.39. The molecule has 0 saturated heterocycles. The van der Waals surface area contributed by atoms with Gasteiger partial charge in [-0.25, -0.2) is 4.79 Å². The Kier molecular flexibility index (Phi) is 9.61. The van der Waals surface area contributed by atoms with Gasteiger partial charge in [0, 0.05) is 3.57 Å². The van der Waals surface area contributed by atoms with Gasteiger partial charge in [0.05, 0.1) is 22.3 Å². The second-order valence-electron chi connectivity index (χ2n) is 9.37. The number of carboxylic acid groups (broad SMARTS) is 1. The van der Waals surface area contributed by atoms with Crippen LogP contribution in [0.15, 0.2) is 93.5 Å². The number of ether oxygens (including phenoxy) is 1. The number of carboxylic acids is 1. The van der Waals surface area contributed by atoms with Crippen molar-refractivity contribution < 1.29 is 67.3 Å². The van der Waals surface area contributed by atoms with Crippen molar-refractivity contribution in [3.05, 3.63) is 110 Å². The molecule has 0 aliphatic rings. The molecule has 0 spiro atoms. The number of benzene rings is 4. The number of aromatic carboxylic acids is 1. The lowest BCUT2D eigenvalue weighted by Crippen LogP contribution is -2.12. The first-order valence-electron chi connectivity index (χ1n) is 12.2. The van der Waals surface area contributed by atoms with E-state index in [0.717, 1.165) is 30.3 Å².